The second-order valence-electron chi connectivity index (χ2n) is 1.98. The molecule has 1 aromatic rings. The van der Waals surface area contributed by atoms with Crippen LogP contribution in [0.5, 0.6) is 0 Å². The SMILES string of the molecule is c1coc(C2CN2)c1. The van der Waals surface area contributed by atoms with Crippen molar-refractivity contribution in [3.8, 4) is 0 Å². The van der Waals surface area contributed by atoms with Gasteiger partial charge in [-0.3, -0.25) is 0 Å². The third kappa shape index (κ3) is 0.537. The summed E-state index contributed by atoms with van der Waals surface area (Å²) in [6.07, 6.45) is 1.70. The van der Waals surface area contributed by atoms with E-state index in [-0.39, 0.29) is 0 Å². The molecule has 0 saturated carbocycles. The summed E-state index contributed by atoms with van der Waals surface area (Å²) in [7, 11) is 0. The van der Waals surface area contributed by atoms with Crippen LogP contribution < -0.4 is 5.32 Å². The van der Waals surface area contributed by atoms with Gasteiger partial charge in [0.15, 0.2) is 0 Å². The highest BCUT2D eigenvalue weighted by atomic mass is 16.3. The summed E-state index contributed by atoms with van der Waals surface area (Å²) in [5.41, 5.74) is 0. The molecular formula is C6H7NO. The molecule has 8 heavy (non-hydrogen) atoms. The first kappa shape index (κ1) is 4.15. The molecule has 0 radical (unpaired) electrons. The molecule has 2 heteroatoms. The fourth-order valence-electron chi connectivity index (χ4n) is 0.750. The minimum Gasteiger partial charge on any atom is -0.468 e. The molecule has 0 aromatic carbocycles. The van der Waals surface area contributed by atoms with Gasteiger partial charge < -0.3 is 9.73 Å². The van der Waals surface area contributed by atoms with E-state index in [0.717, 1.165) is 12.3 Å². The molecule has 1 aliphatic rings. The van der Waals surface area contributed by atoms with Crippen molar-refractivity contribution in [1.29, 1.82) is 0 Å². The highest BCUT2D eigenvalue weighted by Crippen LogP contribution is 2.20. The number of hydrogen-bond donors (Lipinski definition) is 1. The van der Waals surface area contributed by atoms with E-state index < -0.39 is 0 Å². The molecule has 1 aromatic heterocycles. The van der Waals surface area contributed by atoms with E-state index in [4.69, 9.17) is 4.42 Å². The first-order valence-electron chi connectivity index (χ1n) is 2.73. The molecule has 0 bridgehead atoms. The Kier molecular flexibility index (Phi) is 0.704. The van der Waals surface area contributed by atoms with Gasteiger partial charge in [-0.05, 0) is 12.1 Å². The minimum atomic E-state index is 0.519. The molecule has 2 heterocycles. The van der Waals surface area contributed by atoms with Crippen LogP contribution in [-0.4, -0.2) is 6.54 Å². The lowest BCUT2D eigenvalue weighted by atomic mass is 10.4. The predicted octanol–water partition coefficient (Wildman–Crippen LogP) is 0.924. The summed E-state index contributed by atoms with van der Waals surface area (Å²) < 4.78 is 5.09. The Morgan fingerprint density at radius 2 is 2.62 bits per heavy atom. The molecule has 1 fully saturated rings. The number of hydrogen-bond acceptors (Lipinski definition) is 2. The average molecular weight is 109 g/mol. The van der Waals surface area contributed by atoms with Gasteiger partial charge in [0.2, 0.25) is 0 Å². The monoisotopic (exact) mass is 109 g/mol. The molecule has 42 valence electrons. The summed E-state index contributed by atoms with van der Waals surface area (Å²) in [6.45, 7) is 1.08. The highest BCUT2D eigenvalue weighted by Gasteiger charge is 2.24. The molecule has 2 rings (SSSR count). The Bertz CT molecular complexity index is 165. The molecule has 1 saturated heterocycles. The van der Waals surface area contributed by atoms with Crippen molar-refractivity contribution in [3.05, 3.63) is 24.2 Å². The van der Waals surface area contributed by atoms with E-state index in [1.807, 2.05) is 12.1 Å². The van der Waals surface area contributed by atoms with Crippen LogP contribution in [0.4, 0.5) is 0 Å². The average Bonchev–Trinajstić information content (AvgIpc) is 2.49. The van der Waals surface area contributed by atoms with Gasteiger partial charge >= 0.3 is 0 Å². The van der Waals surface area contributed by atoms with Crippen molar-refractivity contribution in [3.63, 3.8) is 0 Å². The number of nitrogens with one attached hydrogen (secondary N) is 1. The zero-order chi connectivity index (χ0) is 5.40. The topological polar surface area (TPSA) is 35.1 Å². The summed E-state index contributed by atoms with van der Waals surface area (Å²) in [5, 5.41) is 3.14. The lowest BCUT2D eigenvalue weighted by Crippen LogP contribution is -1.75. The lowest BCUT2D eigenvalue weighted by Gasteiger charge is -1.81. The van der Waals surface area contributed by atoms with Crippen molar-refractivity contribution in [2.24, 2.45) is 0 Å². The third-order valence-electron chi connectivity index (χ3n) is 1.29. The summed E-state index contributed by atoms with van der Waals surface area (Å²) in [6, 6.07) is 4.42. The smallest absolute Gasteiger partial charge is 0.121 e. The molecule has 0 amide bonds. The van der Waals surface area contributed by atoms with E-state index in [9.17, 15) is 0 Å². The molecule has 2 nitrogen and oxygen atoms in total. The second-order valence-corrected chi connectivity index (χ2v) is 1.98. The van der Waals surface area contributed by atoms with Crippen molar-refractivity contribution < 1.29 is 4.42 Å². The minimum absolute atomic E-state index is 0.519. The van der Waals surface area contributed by atoms with Crippen molar-refractivity contribution >= 4 is 0 Å². The summed E-state index contributed by atoms with van der Waals surface area (Å²) >= 11 is 0. The van der Waals surface area contributed by atoms with Gasteiger partial charge in [-0.15, -0.1) is 0 Å². The Morgan fingerprint density at radius 1 is 1.75 bits per heavy atom. The van der Waals surface area contributed by atoms with Crippen LogP contribution in [0.25, 0.3) is 0 Å². The maximum atomic E-state index is 5.09. The van der Waals surface area contributed by atoms with Crippen LogP contribution in [-0.2, 0) is 0 Å². The Balaban J connectivity index is 2.28. The second kappa shape index (κ2) is 1.36. The highest BCUT2D eigenvalue weighted by molar-refractivity contribution is 5.10. The van der Waals surface area contributed by atoms with Crippen LogP contribution in [0.2, 0.25) is 0 Å². The molecule has 0 aliphatic carbocycles. The number of rotatable bonds is 1. The van der Waals surface area contributed by atoms with Crippen molar-refractivity contribution in [2.45, 2.75) is 6.04 Å². The summed E-state index contributed by atoms with van der Waals surface area (Å²) in [4.78, 5) is 0. The van der Waals surface area contributed by atoms with Crippen molar-refractivity contribution in [2.75, 3.05) is 6.54 Å². The fourth-order valence-corrected chi connectivity index (χ4v) is 0.750. The van der Waals surface area contributed by atoms with Gasteiger partial charge in [0.05, 0.1) is 12.3 Å². The van der Waals surface area contributed by atoms with E-state index in [1.54, 1.807) is 6.26 Å². The molecule has 1 atom stereocenters. The van der Waals surface area contributed by atoms with Gasteiger partial charge in [0.1, 0.15) is 5.76 Å². The normalized spacial score (nSPS) is 25.8. The quantitative estimate of drug-likeness (QED) is 0.544. The Morgan fingerprint density at radius 3 is 3.12 bits per heavy atom. The molecule has 1 N–H and O–H groups in total. The van der Waals surface area contributed by atoms with E-state index in [0.29, 0.717) is 6.04 Å². The maximum Gasteiger partial charge on any atom is 0.121 e. The lowest BCUT2D eigenvalue weighted by molar-refractivity contribution is 0.510. The van der Waals surface area contributed by atoms with Crippen LogP contribution >= 0.6 is 0 Å². The van der Waals surface area contributed by atoms with E-state index in [1.165, 1.54) is 0 Å². The predicted molar refractivity (Wildman–Crippen MR) is 29.5 cm³/mol. The molecule has 0 spiro atoms. The zero-order valence-corrected chi connectivity index (χ0v) is 4.42. The standard InChI is InChI=1S/C6H7NO/c1-2-6(8-3-1)5-4-7-5/h1-3,5,7H,4H2. The van der Waals surface area contributed by atoms with Gasteiger partial charge in [0, 0.05) is 6.54 Å². The summed E-state index contributed by atoms with van der Waals surface area (Å²) in [5.74, 6) is 1.06. The van der Waals surface area contributed by atoms with Gasteiger partial charge in [-0.1, -0.05) is 0 Å². The van der Waals surface area contributed by atoms with Crippen LogP contribution in [0.15, 0.2) is 22.8 Å². The molecular weight excluding hydrogens is 102 g/mol. The van der Waals surface area contributed by atoms with Crippen LogP contribution in [0.3, 0.4) is 0 Å². The largest absolute Gasteiger partial charge is 0.468 e. The van der Waals surface area contributed by atoms with Crippen molar-refractivity contribution in [1.82, 2.24) is 5.32 Å². The maximum absolute atomic E-state index is 5.09. The first-order valence-corrected chi connectivity index (χ1v) is 2.73. The van der Waals surface area contributed by atoms with Crippen LogP contribution in [0.1, 0.15) is 11.8 Å². The Hall–Kier alpha value is -0.760. The Labute approximate surface area is 47.5 Å². The van der Waals surface area contributed by atoms with E-state index >= 15 is 0 Å². The first-order chi connectivity index (χ1) is 3.97. The van der Waals surface area contributed by atoms with Gasteiger partial charge in [-0.2, -0.15) is 0 Å². The zero-order valence-electron chi connectivity index (χ0n) is 4.42. The third-order valence-corrected chi connectivity index (χ3v) is 1.29. The van der Waals surface area contributed by atoms with E-state index in [2.05, 4.69) is 5.32 Å². The van der Waals surface area contributed by atoms with Gasteiger partial charge in [-0.25, -0.2) is 0 Å². The van der Waals surface area contributed by atoms with Gasteiger partial charge in [0.25, 0.3) is 0 Å². The molecule has 1 unspecified atom stereocenters. The fraction of sp³-hybridized carbons (Fsp3) is 0.333. The van der Waals surface area contributed by atoms with Crippen LogP contribution in [0, 0.1) is 0 Å². The number of furan rings is 1. The molecule has 1 aliphatic heterocycles.